The van der Waals surface area contributed by atoms with Gasteiger partial charge in [0.25, 0.3) is 0 Å². The standard InChI is InChI=1S/C24H19N3O2S/c28-18-11-9-17(10-12-18)27-23(22(26-24(27)30)19-8-4-5-15-25-19)21-14-13-20(29-21)16-6-2-1-3-7-16/h1-15,22-23,28H,(H,26,30)/t22-,23+/m1/s1. The van der Waals surface area contributed by atoms with Crippen molar-refractivity contribution in [2.24, 2.45) is 0 Å². The maximum atomic E-state index is 9.71. The number of nitrogens with zero attached hydrogens (tertiary/aromatic N) is 2. The number of anilines is 1. The number of hydrogen-bond donors (Lipinski definition) is 2. The summed E-state index contributed by atoms with van der Waals surface area (Å²) >= 11 is 5.69. The molecule has 1 aliphatic rings. The van der Waals surface area contributed by atoms with Gasteiger partial charge >= 0.3 is 0 Å². The van der Waals surface area contributed by atoms with Crippen LogP contribution >= 0.6 is 12.2 Å². The number of rotatable bonds is 4. The smallest absolute Gasteiger partial charge is 0.174 e. The van der Waals surface area contributed by atoms with E-state index in [1.54, 1.807) is 18.3 Å². The van der Waals surface area contributed by atoms with Gasteiger partial charge in [-0.05, 0) is 60.7 Å². The number of nitrogens with one attached hydrogen (secondary N) is 1. The molecule has 0 saturated carbocycles. The van der Waals surface area contributed by atoms with Gasteiger partial charge in [-0.25, -0.2) is 0 Å². The number of hydrogen-bond acceptors (Lipinski definition) is 4. The van der Waals surface area contributed by atoms with Crippen molar-refractivity contribution in [3.63, 3.8) is 0 Å². The molecular formula is C24H19N3O2S. The fraction of sp³-hybridized carbons (Fsp3) is 0.0833. The molecule has 0 bridgehead atoms. The van der Waals surface area contributed by atoms with E-state index in [9.17, 15) is 5.11 Å². The number of thiocarbonyl (C=S) groups is 1. The predicted molar refractivity (Wildman–Crippen MR) is 120 cm³/mol. The fourth-order valence-corrected chi connectivity index (χ4v) is 4.15. The summed E-state index contributed by atoms with van der Waals surface area (Å²) in [6.07, 6.45) is 1.78. The number of aromatic nitrogens is 1. The Morgan fingerprint density at radius 3 is 2.40 bits per heavy atom. The van der Waals surface area contributed by atoms with Gasteiger partial charge in [0.2, 0.25) is 0 Å². The maximum Gasteiger partial charge on any atom is 0.174 e. The molecule has 2 atom stereocenters. The Labute approximate surface area is 179 Å². The first-order valence-electron chi connectivity index (χ1n) is 9.65. The molecule has 0 unspecified atom stereocenters. The van der Waals surface area contributed by atoms with Crippen LogP contribution in [0.5, 0.6) is 5.75 Å². The Balaban J connectivity index is 1.60. The lowest BCUT2D eigenvalue weighted by Crippen LogP contribution is -2.29. The van der Waals surface area contributed by atoms with Crippen LogP contribution < -0.4 is 10.2 Å². The first-order chi connectivity index (χ1) is 14.7. The number of phenolic OH excluding ortho intramolecular Hbond substituents is 1. The van der Waals surface area contributed by atoms with Crippen LogP contribution in [0.25, 0.3) is 11.3 Å². The predicted octanol–water partition coefficient (Wildman–Crippen LogP) is 5.22. The Morgan fingerprint density at radius 2 is 1.67 bits per heavy atom. The topological polar surface area (TPSA) is 61.5 Å². The quantitative estimate of drug-likeness (QED) is 0.447. The van der Waals surface area contributed by atoms with Crippen molar-refractivity contribution in [2.45, 2.75) is 12.1 Å². The molecule has 30 heavy (non-hydrogen) atoms. The van der Waals surface area contributed by atoms with E-state index >= 15 is 0 Å². The molecule has 4 aromatic rings. The van der Waals surface area contributed by atoms with Crippen LogP contribution in [0.3, 0.4) is 0 Å². The molecule has 0 spiro atoms. The van der Waals surface area contributed by atoms with E-state index in [2.05, 4.69) is 10.3 Å². The molecule has 1 fully saturated rings. The largest absolute Gasteiger partial charge is 0.508 e. The molecule has 0 amide bonds. The van der Waals surface area contributed by atoms with Crippen LogP contribution in [0.15, 0.2) is 95.5 Å². The summed E-state index contributed by atoms with van der Waals surface area (Å²) in [5.41, 5.74) is 2.76. The van der Waals surface area contributed by atoms with Crippen LogP contribution in [-0.4, -0.2) is 15.2 Å². The number of benzene rings is 2. The van der Waals surface area contributed by atoms with Gasteiger partial charge in [-0.1, -0.05) is 36.4 Å². The van der Waals surface area contributed by atoms with Crippen molar-refractivity contribution in [2.75, 3.05) is 4.90 Å². The molecular weight excluding hydrogens is 394 g/mol. The van der Waals surface area contributed by atoms with Gasteiger partial charge < -0.3 is 19.7 Å². The van der Waals surface area contributed by atoms with Gasteiger partial charge in [0, 0.05) is 17.4 Å². The first-order valence-corrected chi connectivity index (χ1v) is 10.1. The zero-order chi connectivity index (χ0) is 20.5. The summed E-state index contributed by atoms with van der Waals surface area (Å²) < 4.78 is 6.31. The second-order valence-electron chi connectivity index (χ2n) is 7.08. The maximum absolute atomic E-state index is 9.71. The minimum Gasteiger partial charge on any atom is -0.508 e. The van der Waals surface area contributed by atoms with E-state index in [4.69, 9.17) is 16.6 Å². The first kappa shape index (κ1) is 18.4. The summed E-state index contributed by atoms with van der Waals surface area (Å²) in [6, 6.07) is 26.4. The monoisotopic (exact) mass is 413 g/mol. The van der Waals surface area contributed by atoms with Gasteiger partial charge in [-0.2, -0.15) is 0 Å². The number of pyridine rings is 1. The Kier molecular flexibility index (Phi) is 4.69. The highest BCUT2D eigenvalue weighted by Crippen LogP contribution is 2.43. The molecule has 5 rings (SSSR count). The molecule has 0 aliphatic carbocycles. The van der Waals surface area contributed by atoms with Crippen LogP contribution in [0.2, 0.25) is 0 Å². The van der Waals surface area contributed by atoms with E-state index in [0.29, 0.717) is 5.11 Å². The number of furan rings is 1. The SMILES string of the molecule is Oc1ccc(N2C(=S)N[C@H](c3ccccn3)[C@@H]2c2ccc(-c3ccccc3)o2)cc1. The summed E-state index contributed by atoms with van der Waals surface area (Å²) in [6.45, 7) is 0. The number of aromatic hydroxyl groups is 1. The van der Waals surface area contributed by atoms with Crippen molar-refractivity contribution in [3.8, 4) is 17.1 Å². The second kappa shape index (κ2) is 7.65. The van der Waals surface area contributed by atoms with Crippen LogP contribution in [0.1, 0.15) is 23.5 Å². The summed E-state index contributed by atoms with van der Waals surface area (Å²) in [5.74, 6) is 1.79. The van der Waals surface area contributed by atoms with Crippen LogP contribution in [0, 0.1) is 0 Å². The van der Waals surface area contributed by atoms with E-state index in [-0.39, 0.29) is 17.8 Å². The molecule has 6 heteroatoms. The third-order valence-corrected chi connectivity index (χ3v) is 5.52. The minimum absolute atomic E-state index is 0.178. The Hall–Kier alpha value is -3.64. The lowest BCUT2D eigenvalue weighted by molar-refractivity contribution is 0.439. The van der Waals surface area contributed by atoms with Crippen molar-refractivity contribution in [1.29, 1.82) is 0 Å². The highest BCUT2D eigenvalue weighted by Gasteiger charge is 2.42. The van der Waals surface area contributed by atoms with Gasteiger partial charge in [0.15, 0.2) is 5.11 Å². The van der Waals surface area contributed by atoms with E-state index in [1.807, 2.05) is 77.7 Å². The summed E-state index contributed by atoms with van der Waals surface area (Å²) in [5, 5.41) is 13.7. The van der Waals surface area contributed by atoms with Crippen molar-refractivity contribution < 1.29 is 9.52 Å². The molecule has 5 nitrogen and oxygen atoms in total. The highest BCUT2D eigenvalue weighted by molar-refractivity contribution is 7.80. The van der Waals surface area contributed by atoms with Gasteiger partial charge in [-0.15, -0.1) is 0 Å². The Bertz CT molecular complexity index is 1160. The Morgan fingerprint density at radius 1 is 0.900 bits per heavy atom. The van der Waals surface area contributed by atoms with E-state index in [1.165, 1.54) is 0 Å². The third-order valence-electron chi connectivity index (χ3n) is 5.20. The molecule has 2 aromatic carbocycles. The summed E-state index contributed by atoms with van der Waals surface area (Å²) in [7, 11) is 0. The van der Waals surface area contributed by atoms with E-state index in [0.717, 1.165) is 28.5 Å². The van der Waals surface area contributed by atoms with Crippen molar-refractivity contribution in [3.05, 3.63) is 103 Å². The highest BCUT2D eigenvalue weighted by atomic mass is 32.1. The zero-order valence-electron chi connectivity index (χ0n) is 16.0. The van der Waals surface area contributed by atoms with Crippen LogP contribution in [-0.2, 0) is 0 Å². The average Bonchev–Trinajstić information content (AvgIpc) is 3.40. The lowest BCUT2D eigenvalue weighted by atomic mass is 10.0. The molecule has 148 valence electrons. The van der Waals surface area contributed by atoms with Crippen molar-refractivity contribution >= 4 is 23.0 Å². The van der Waals surface area contributed by atoms with Crippen LogP contribution in [0.4, 0.5) is 5.69 Å². The van der Waals surface area contributed by atoms with Crippen molar-refractivity contribution in [1.82, 2.24) is 10.3 Å². The molecule has 1 saturated heterocycles. The van der Waals surface area contributed by atoms with Gasteiger partial charge in [0.1, 0.15) is 23.3 Å². The lowest BCUT2D eigenvalue weighted by Gasteiger charge is -2.26. The fourth-order valence-electron chi connectivity index (χ4n) is 3.80. The molecule has 0 radical (unpaired) electrons. The second-order valence-corrected chi connectivity index (χ2v) is 7.47. The molecule has 3 heterocycles. The molecule has 2 aromatic heterocycles. The van der Waals surface area contributed by atoms with Gasteiger partial charge in [0.05, 0.1) is 11.7 Å². The number of phenols is 1. The molecule has 1 aliphatic heterocycles. The third kappa shape index (κ3) is 3.31. The minimum atomic E-state index is -0.227. The van der Waals surface area contributed by atoms with Gasteiger partial charge in [-0.3, -0.25) is 4.98 Å². The average molecular weight is 414 g/mol. The summed E-state index contributed by atoms with van der Waals surface area (Å²) in [4.78, 5) is 6.56. The zero-order valence-corrected chi connectivity index (χ0v) is 16.8. The molecule has 2 N–H and O–H groups in total. The van der Waals surface area contributed by atoms with E-state index < -0.39 is 0 Å². The normalized spacial score (nSPS) is 18.4.